The summed E-state index contributed by atoms with van der Waals surface area (Å²) in [5.41, 5.74) is 2.83. The Morgan fingerprint density at radius 1 is 1.32 bits per heavy atom. The van der Waals surface area contributed by atoms with E-state index in [-0.39, 0.29) is 0 Å². The molecule has 2 aromatic rings. The van der Waals surface area contributed by atoms with Crippen LogP contribution in [0.25, 0.3) is 0 Å². The Kier molecular flexibility index (Phi) is 4.34. The van der Waals surface area contributed by atoms with E-state index in [1.165, 1.54) is 0 Å². The first-order chi connectivity index (χ1) is 9.00. The van der Waals surface area contributed by atoms with Gasteiger partial charge in [-0.25, -0.2) is 4.68 Å². The predicted octanol–water partition coefficient (Wildman–Crippen LogP) is 4.63. The minimum absolute atomic E-state index is 0.375. The minimum atomic E-state index is 0.375. The lowest BCUT2D eigenvalue weighted by Crippen LogP contribution is -2.05. The minimum Gasteiger partial charge on any atom is -0.218 e. The Hall–Kier alpha value is -1.24. The van der Waals surface area contributed by atoms with Gasteiger partial charge in [-0.3, -0.25) is 0 Å². The van der Waals surface area contributed by atoms with Gasteiger partial charge in [0.1, 0.15) is 11.4 Å². The molecule has 1 heterocycles. The van der Waals surface area contributed by atoms with Crippen molar-refractivity contribution in [3.63, 3.8) is 0 Å². The fraction of sp³-hybridized carbons (Fsp3) is 0.167. The second kappa shape index (κ2) is 5.81. The lowest BCUT2D eigenvalue weighted by atomic mass is 10.3. The summed E-state index contributed by atoms with van der Waals surface area (Å²) in [6, 6.07) is 7.26. The summed E-state index contributed by atoms with van der Waals surface area (Å²) in [7, 11) is 0. The van der Waals surface area contributed by atoms with Gasteiger partial charge in [-0.2, -0.15) is 5.10 Å². The zero-order chi connectivity index (χ0) is 14.0. The lowest BCUT2D eigenvalue weighted by molar-refractivity contribution is 0.906. The summed E-state index contributed by atoms with van der Waals surface area (Å²) in [4.78, 5) is 0. The number of hydrogen-bond acceptors (Lipinski definition) is 4. The van der Waals surface area contributed by atoms with E-state index in [2.05, 4.69) is 28.0 Å². The van der Waals surface area contributed by atoms with E-state index in [0.29, 0.717) is 20.7 Å². The highest BCUT2D eigenvalue weighted by atomic mass is 35.5. The molecule has 19 heavy (non-hydrogen) atoms. The number of thiocarbonyl (C=S) groups is 1. The van der Waals surface area contributed by atoms with Gasteiger partial charge in [0, 0.05) is 0 Å². The molecule has 0 saturated heterocycles. The molecule has 0 N–H and O–H groups in total. The van der Waals surface area contributed by atoms with Crippen molar-refractivity contribution in [3.8, 4) is 0 Å². The Labute approximate surface area is 126 Å². The van der Waals surface area contributed by atoms with Crippen LogP contribution >= 0.6 is 36.4 Å². The maximum absolute atomic E-state index is 6.02. The highest BCUT2D eigenvalue weighted by Crippen LogP contribution is 2.29. The fourth-order valence-electron chi connectivity index (χ4n) is 1.60. The van der Waals surface area contributed by atoms with E-state index in [9.17, 15) is 0 Å². The molecule has 98 valence electrons. The van der Waals surface area contributed by atoms with Crippen LogP contribution in [-0.2, 0) is 0 Å². The third-order valence-electron chi connectivity index (χ3n) is 2.54. The molecule has 0 atom stereocenters. The van der Waals surface area contributed by atoms with Crippen molar-refractivity contribution in [1.29, 1.82) is 0 Å². The van der Waals surface area contributed by atoms with E-state index in [1.54, 1.807) is 16.8 Å². The molecule has 0 bridgehead atoms. The number of benzene rings is 1. The topological polar surface area (TPSA) is 42.5 Å². The smallest absolute Gasteiger partial charge is 0.158 e. The van der Waals surface area contributed by atoms with Crippen LogP contribution in [0.4, 0.5) is 11.4 Å². The molecule has 1 aromatic carbocycles. The molecule has 0 aliphatic carbocycles. The first kappa shape index (κ1) is 14.2. The number of nitrogens with zero attached hydrogens (tertiary/aromatic N) is 4. The highest BCUT2D eigenvalue weighted by Gasteiger charge is 2.12. The van der Waals surface area contributed by atoms with E-state index in [1.807, 2.05) is 26.0 Å². The SMILES string of the molecule is Cc1nn(C(=S)S)c(C)c1N=Nc1ccccc1Cl. The molecular formula is C12H11ClN4S2. The Balaban J connectivity index is 2.39. The van der Waals surface area contributed by atoms with Crippen molar-refractivity contribution < 1.29 is 0 Å². The summed E-state index contributed by atoms with van der Waals surface area (Å²) in [5, 5.41) is 13.2. The predicted molar refractivity (Wildman–Crippen MR) is 84.3 cm³/mol. The molecule has 0 aliphatic rings. The lowest BCUT2D eigenvalue weighted by Gasteiger charge is -1.98. The van der Waals surface area contributed by atoms with Crippen molar-refractivity contribution in [2.75, 3.05) is 0 Å². The molecule has 0 fully saturated rings. The summed E-state index contributed by atoms with van der Waals surface area (Å²) in [5.74, 6) is 0. The second-order valence-electron chi connectivity index (χ2n) is 3.87. The van der Waals surface area contributed by atoms with Gasteiger partial charge in [-0.15, -0.1) is 22.9 Å². The normalized spacial score (nSPS) is 11.2. The Morgan fingerprint density at radius 3 is 2.58 bits per heavy atom. The van der Waals surface area contributed by atoms with Crippen LogP contribution in [0.3, 0.4) is 0 Å². The second-order valence-corrected chi connectivity index (χ2v) is 5.39. The van der Waals surface area contributed by atoms with Crippen molar-refractivity contribution >= 4 is 52.1 Å². The molecule has 4 nitrogen and oxygen atoms in total. The summed E-state index contributed by atoms with van der Waals surface area (Å²) < 4.78 is 1.93. The maximum Gasteiger partial charge on any atom is 0.158 e. The molecule has 2 rings (SSSR count). The van der Waals surface area contributed by atoms with Crippen LogP contribution < -0.4 is 0 Å². The zero-order valence-corrected chi connectivity index (χ0v) is 12.8. The first-order valence-electron chi connectivity index (χ1n) is 5.46. The van der Waals surface area contributed by atoms with Gasteiger partial charge in [-0.1, -0.05) is 36.0 Å². The zero-order valence-electron chi connectivity index (χ0n) is 10.3. The molecule has 0 radical (unpaired) electrons. The van der Waals surface area contributed by atoms with Crippen molar-refractivity contribution in [3.05, 3.63) is 40.7 Å². The quantitative estimate of drug-likeness (QED) is 0.499. The number of thiol groups is 1. The average molecular weight is 311 g/mol. The van der Waals surface area contributed by atoms with Gasteiger partial charge >= 0.3 is 0 Å². The standard InChI is InChI=1S/C12H11ClN4S2/c1-7-11(8(2)17(16-7)12(18)19)15-14-10-6-4-3-5-9(10)13/h3-6H,1-2H3,(H,18,19). The molecular weight excluding hydrogens is 300 g/mol. The number of aryl methyl sites for hydroxylation is 1. The van der Waals surface area contributed by atoms with Gasteiger partial charge in [-0.05, 0) is 26.0 Å². The number of aromatic nitrogens is 2. The number of rotatable bonds is 2. The number of azo groups is 1. The first-order valence-corrected chi connectivity index (χ1v) is 6.70. The third-order valence-corrected chi connectivity index (χ3v) is 3.23. The van der Waals surface area contributed by atoms with Crippen molar-refractivity contribution in [2.45, 2.75) is 13.8 Å². The molecule has 0 aliphatic heterocycles. The number of halogens is 1. The van der Waals surface area contributed by atoms with Gasteiger partial charge in [0.15, 0.2) is 4.32 Å². The monoisotopic (exact) mass is 310 g/mol. The Bertz CT molecular complexity index is 664. The molecule has 0 amide bonds. The summed E-state index contributed by atoms with van der Waals surface area (Å²) in [6.07, 6.45) is 0. The molecule has 0 spiro atoms. The van der Waals surface area contributed by atoms with Crippen molar-refractivity contribution in [1.82, 2.24) is 9.78 Å². The van der Waals surface area contributed by atoms with Crippen LogP contribution in [0.1, 0.15) is 11.4 Å². The van der Waals surface area contributed by atoms with E-state index < -0.39 is 0 Å². The van der Waals surface area contributed by atoms with Crippen molar-refractivity contribution in [2.24, 2.45) is 10.2 Å². The molecule has 7 heteroatoms. The van der Waals surface area contributed by atoms with Crippen LogP contribution in [-0.4, -0.2) is 14.1 Å². The largest absolute Gasteiger partial charge is 0.218 e. The Morgan fingerprint density at radius 2 is 2.00 bits per heavy atom. The fourth-order valence-corrected chi connectivity index (χ4v) is 2.15. The summed E-state index contributed by atoms with van der Waals surface area (Å²) >= 11 is 15.1. The van der Waals surface area contributed by atoms with Crippen LogP contribution in [0, 0.1) is 13.8 Å². The van der Waals surface area contributed by atoms with Crippen LogP contribution in [0.15, 0.2) is 34.5 Å². The average Bonchev–Trinajstić information content (AvgIpc) is 2.65. The van der Waals surface area contributed by atoms with Gasteiger partial charge in [0.05, 0.1) is 16.4 Å². The van der Waals surface area contributed by atoms with E-state index in [4.69, 9.17) is 23.8 Å². The maximum atomic E-state index is 6.02. The third kappa shape index (κ3) is 3.02. The van der Waals surface area contributed by atoms with Crippen LogP contribution in [0.2, 0.25) is 5.02 Å². The molecule has 0 unspecified atom stereocenters. The van der Waals surface area contributed by atoms with E-state index >= 15 is 0 Å². The summed E-state index contributed by atoms with van der Waals surface area (Å²) in [6.45, 7) is 3.71. The molecule has 1 aromatic heterocycles. The highest BCUT2D eigenvalue weighted by molar-refractivity contribution is 8.11. The van der Waals surface area contributed by atoms with Gasteiger partial charge < -0.3 is 0 Å². The number of hydrogen-bond donors (Lipinski definition) is 1. The van der Waals surface area contributed by atoms with Gasteiger partial charge in [0.25, 0.3) is 0 Å². The van der Waals surface area contributed by atoms with Crippen LogP contribution in [0.5, 0.6) is 0 Å². The van der Waals surface area contributed by atoms with E-state index in [0.717, 1.165) is 11.4 Å². The molecule has 0 saturated carbocycles. The van der Waals surface area contributed by atoms with Gasteiger partial charge in [0.2, 0.25) is 0 Å².